The van der Waals surface area contributed by atoms with Crippen molar-refractivity contribution in [1.82, 2.24) is 10.3 Å². The van der Waals surface area contributed by atoms with E-state index in [1.165, 1.54) is 38.4 Å². The van der Waals surface area contributed by atoms with Crippen molar-refractivity contribution in [3.8, 4) is 22.8 Å². The second-order valence-corrected chi connectivity index (χ2v) is 12.2. The van der Waals surface area contributed by atoms with Crippen LogP contribution in [0.5, 0.6) is 11.5 Å². The number of hydrogen-bond acceptors (Lipinski definition) is 7. The summed E-state index contributed by atoms with van der Waals surface area (Å²) in [5.41, 5.74) is 8.42. The normalized spacial score (nSPS) is 20.9. The zero-order chi connectivity index (χ0) is 33.2. The van der Waals surface area contributed by atoms with Crippen LogP contribution in [0.2, 0.25) is 0 Å². The maximum atomic E-state index is 16.0. The van der Waals surface area contributed by atoms with E-state index in [0.29, 0.717) is 12.1 Å². The van der Waals surface area contributed by atoms with Gasteiger partial charge in [0.15, 0.2) is 17.4 Å². The molecule has 6 rings (SSSR count). The van der Waals surface area contributed by atoms with E-state index < -0.39 is 57.6 Å². The number of pyridine rings is 1. The molecule has 2 heterocycles. The average Bonchev–Trinajstić information content (AvgIpc) is 3.92. The van der Waals surface area contributed by atoms with Crippen LogP contribution in [0.4, 0.5) is 27.6 Å². The van der Waals surface area contributed by atoms with Crippen molar-refractivity contribution in [1.29, 1.82) is 0 Å². The monoisotopic (exact) mass is 643 g/mol. The lowest BCUT2D eigenvalue weighted by molar-refractivity contribution is -0.123. The number of alkyl halides is 2. The molecular formula is C32H30F5N5O4. The van der Waals surface area contributed by atoms with E-state index in [2.05, 4.69) is 15.3 Å². The summed E-state index contributed by atoms with van der Waals surface area (Å²) in [6, 6.07) is 5.13. The van der Waals surface area contributed by atoms with E-state index in [1.807, 2.05) is 0 Å². The lowest BCUT2D eigenvalue weighted by atomic mass is 9.81. The molecule has 0 radical (unpaired) electrons. The number of rotatable bonds is 10. The highest BCUT2D eigenvalue weighted by Crippen LogP contribution is 2.53. The number of aliphatic imine (C=N–C) groups is 1. The number of nitrogens with one attached hydrogen (secondary N) is 1. The molecule has 0 saturated heterocycles. The molecule has 9 nitrogen and oxygen atoms in total. The molecule has 2 aliphatic carbocycles. The van der Waals surface area contributed by atoms with E-state index >= 15 is 8.78 Å². The largest absolute Gasteiger partial charge is 0.495 e. The highest BCUT2D eigenvalue weighted by molar-refractivity contribution is 5.99. The van der Waals surface area contributed by atoms with Crippen LogP contribution in [-0.4, -0.2) is 54.7 Å². The Morgan fingerprint density at radius 2 is 1.78 bits per heavy atom. The highest BCUT2D eigenvalue weighted by Gasteiger charge is 2.53. The summed E-state index contributed by atoms with van der Waals surface area (Å²) in [6.45, 7) is 0.925. The Kier molecular flexibility index (Phi) is 7.44. The molecule has 1 aliphatic heterocycles. The molecule has 2 amide bonds. The van der Waals surface area contributed by atoms with Crippen molar-refractivity contribution in [2.45, 2.75) is 55.4 Å². The SMILES string of the molecule is COc1cc(C(=O)NC[C@H](c2cc3c(c(-c4cc(F)c(F)cc4F)n2)OC[C@]3(C)C(N)=O)C2(F)CC2)cc(/C=N/C2(F)CC2)c1N. The second kappa shape index (κ2) is 11.0. The van der Waals surface area contributed by atoms with E-state index in [0.717, 1.165) is 0 Å². The molecule has 2 fully saturated rings. The van der Waals surface area contributed by atoms with Crippen LogP contribution in [-0.2, 0) is 10.2 Å². The molecule has 46 heavy (non-hydrogen) atoms. The molecule has 0 bridgehead atoms. The van der Waals surface area contributed by atoms with Gasteiger partial charge >= 0.3 is 0 Å². The van der Waals surface area contributed by atoms with Crippen molar-refractivity contribution in [3.63, 3.8) is 0 Å². The fourth-order valence-corrected chi connectivity index (χ4v) is 5.46. The third kappa shape index (κ3) is 5.49. The summed E-state index contributed by atoms with van der Waals surface area (Å²) in [7, 11) is 1.35. The molecule has 5 N–H and O–H groups in total. The second-order valence-electron chi connectivity index (χ2n) is 12.2. The van der Waals surface area contributed by atoms with E-state index in [4.69, 9.17) is 20.9 Å². The number of ether oxygens (including phenoxy) is 2. The first-order valence-corrected chi connectivity index (χ1v) is 14.5. The molecule has 2 aromatic carbocycles. The van der Waals surface area contributed by atoms with Gasteiger partial charge in [0.05, 0.1) is 18.7 Å². The first kappa shape index (κ1) is 31.2. The smallest absolute Gasteiger partial charge is 0.251 e. The van der Waals surface area contributed by atoms with E-state index in [1.54, 1.807) is 0 Å². The third-order valence-electron chi connectivity index (χ3n) is 8.83. The Bertz CT molecular complexity index is 1810. The first-order valence-electron chi connectivity index (χ1n) is 14.5. The fraction of sp³-hybridized carbons (Fsp3) is 0.375. The first-order chi connectivity index (χ1) is 21.7. The van der Waals surface area contributed by atoms with Gasteiger partial charge in [-0.2, -0.15) is 0 Å². The van der Waals surface area contributed by atoms with Gasteiger partial charge in [0, 0.05) is 59.6 Å². The molecule has 3 aliphatic rings. The minimum absolute atomic E-state index is 0.0107. The number of methoxy groups -OCH3 is 1. The summed E-state index contributed by atoms with van der Waals surface area (Å²) in [5.74, 6) is -8.11. The molecule has 0 unspecified atom stereocenters. The van der Waals surface area contributed by atoms with Crippen LogP contribution in [0.1, 0.15) is 65.7 Å². The Morgan fingerprint density at radius 3 is 2.41 bits per heavy atom. The van der Waals surface area contributed by atoms with Gasteiger partial charge in [-0.3, -0.25) is 14.6 Å². The number of fused-ring (bicyclic) bond motifs is 1. The van der Waals surface area contributed by atoms with Crippen molar-refractivity contribution < 1.29 is 41.0 Å². The van der Waals surface area contributed by atoms with Crippen molar-refractivity contribution in [2.24, 2.45) is 10.7 Å². The van der Waals surface area contributed by atoms with Crippen LogP contribution >= 0.6 is 0 Å². The Morgan fingerprint density at radius 1 is 1.09 bits per heavy atom. The number of nitrogens with two attached hydrogens (primary N) is 2. The molecule has 242 valence electrons. The number of carbonyl (C=O) groups is 2. The van der Waals surface area contributed by atoms with Crippen LogP contribution in [0, 0.1) is 17.5 Å². The Labute approximate surface area is 260 Å². The number of benzene rings is 2. The van der Waals surface area contributed by atoms with Gasteiger partial charge in [0.2, 0.25) is 5.91 Å². The maximum absolute atomic E-state index is 16.0. The minimum atomic E-state index is -1.84. The van der Waals surface area contributed by atoms with Crippen LogP contribution in [0.3, 0.4) is 0 Å². The average molecular weight is 644 g/mol. The van der Waals surface area contributed by atoms with Gasteiger partial charge < -0.3 is 26.3 Å². The van der Waals surface area contributed by atoms with Gasteiger partial charge in [-0.15, -0.1) is 0 Å². The molecular weight excluding hydrogens is 613 g/mol. The summed E-state index contributed by atoms with van der Waals surface area (Å²) in [6.07, 6.45) is 2.02. The minimum Gasteiger partial charge on any atom is -0.495 e. The summed E-state index contributed by atoms with van der Waals surface area (Å²) in [4.78, 5) is 34.3. The van der Waals surface area contributed by atoms with Crippen LogP contribution < -0.4 is 26.3 Å². The molecule has 1 aromatic heterocycles. The quantitative estimate of drug-likeness (QED) is 0.0955. The van der Waals surface area contributed by atoms with Crippen molar-refractivity contribution in [2.75, 3.05) is 26.0 Å². The highest BCUT2D eigenvalue weighted by atomic mass is 19.2. The number of hydrogen-bond donors (Lipinski definition) is 3. The van der Waals surface area contributed by atoms with Crippen molar-refractivity contribution in [3.05, 3.63) is 70.2 Å². The number of anilines is 1. The number of nitrogen functional groups attached to an aromatic ring is 1. The lowest BCUT2D eigenvalue weighted by Gasteiger charge is -2.24. The van der Waals surface area contributed by atoms with Crippen LogP contribution in [0.15, 0.2) is 35.3 Å². The zero-order valence-electron chi connectivity index (χ0n) is 24.9. The van der Waals surface area contributed by atoms with Gasteiger partial charge in [-0.05, 0) is 44.0 Å². The predicted octanol–water partition coefficient (Wildman–Crippen LogP) is 4.79. The van der Waals surface area contributed by atoms with Crippen molar-refractivity contribution >= 4 is 23.7 Å². The lowest BCUT2D eigenvalue weighted by Crippen LogP contribution is -2.40. The van der Waals surface area contributed by atoms with Crippen LogP contribution in [0.25, 0.3) is 11.3 Å². The number of primary amides is 1. The maximum Gasteiger partial charge on any atom is 0.251 e. The molecule has 2 saturated carbocycles. The zero-order valence-corrected chi connectivity index (χ0v) is 24.9. The molecule has 14 heteroatoms. The van der Waals surface area contributed by atoms with E-state index in [-0.39, 0.29) is 84.1 Å². The standard InChI is InChI=1S/C32H30F5N5O4/c1-30(29(39)44)14-46-27-18(30)10-23(42-26(27)17-9-21(34)22(35)11-20(17)33)19(31(36)3-4-31)13-40-28(43)15-7-16(12-41-32(37)5-6-32)25(38)24(8-15)45-2/h7-12,19H,3-6,13-14,38H2,1-2H3,(H2,39,44)(H,40,43)/b41-12+/t19-,30+/m1/s1. The summed E-state index contributed by atoms with van der Waals surface area (Å²) < 4.78 is 84.2. The van der Waals surface area contributed by atoms with Gasteiger partial charge in [0.1, 0.15) is 40.7 Å². The number of amides is 2. The third-order valence-corrected chi connectivity index (χ3v) is 8.83. The number of carbonyl (C=O) groups excluding carboxylic acids is 2. The number of halogens is 5. The molecule has 0 spiro atoms. The topological polar surface area (TPSA) is 142 Å². The number of nitrogens with zero attached hydrogens (tertiary/aromatic N) is 2. The van der Waals surface area contributed by atoms with Gasteiger partial charge in [-0.25, -0.2) is 26.9 Å². The van der Waals surface area contributed by atoms with Gasteiger partial charge in [0.25, 0.3) is 5.91 Å². The Hall–Kier alpha value is -4.75. The fourth-order valence-electron chi connectivity index (χ4n) is 5.46. The summed E-state index contributed by atoms with van der Waals surface area (Å²) in [5, 5.41) is 2.68. The molecule has 3 aromatic rings. The number of aromatic nitrogens is 1. The van der Waals surface area contributed by atoms with E-state index in [9.17, 15) is 22.8 Å². The molecule has 2 atom stereocenters. The predicted molar refractivity (Wildman–Crippen MR) is 158 cm³/mol. The summed E-state index contributed by atoms with van der Waals surface area (Å²) >= 11 is 0. The van der Waals surface area contributed by atoms with Gasteiger partial charge in [-0.1, -0.05) is 0 Å². The Balaban J connectivity index is 1.38.